The van der Waals surface area contributed by atoms with E-state index in [4.69, 9.17) is 17.3 Å². The van der Waals surface area contributed by atoms with Gasteiger partial charge in [0, 0.05) is 6.61 Å². The van der Waals surface area contributed by atoms with Gasteiger partial charge in [0.1, 0.15) is 0 Å². The molecule has 0 aromatic rings. The normalized spacial score (nSPS) is 10.0. The van der Waals surface area contributed by atoms with Crippen molar-refractivity contribution in [1.82, 2.24) is 0 Å². The zero-order valence-electron chi connectivity index (χ0n) is 6.48. The third kappa shape index (κ3) is 2.73. The lowest BCUT2D eigenvalue weighted by atomic mass is 10.5. The van der Waals surface area contributed by atoms with Crippen molar-refractivity contribution in [3.05, 3.63) is 0 Å². The summed E-state index contributed by atoms with van der Waals surface area (Å²) in [5.74, 6) is 0. The molecule has 0 saturated carbocycles. The average molecular weight is 152 g/mol. The third-order valence-electron chi connectivity index (χ3n) is 1.15. The van der Waals surface area contributed by atoms with E-state index in [0.29, 0.717) is 6.61 Å². The van der Waals surface area contributed by atoms with Gasteiger partial charge < -0.3 is 4.43 Å². The average Bonchev–Trinajstić information content (AvgIpc) is 2.00. The molecule has 0 saturated heterocycles. The Kier molecular flexibility index (Phi) is 3.87. The van der Waals surface area contributed by atoms with Gasteiger partial charge in [-0.25, -0.2) is 0 Å². The van der Waals surface area contributed by atoms with Crippen molar-refractivity contribution >= 4 is 8.32 Å². The van der Waals surface area contributed by atoms with E-state index in [0.717, 1.165) is 6.42 Å². The number of terminal acetylenes is 2. The van der Waals surface area contributed by atoms with Crippen LogP contribution in [0.15, 0.2) is 0 Å². The van der Waals surface area contributed by atoms with Gasteiger partial charge in [0.05, 0.1) is 0 Å². The Morgan fingerprint density at radius 3 is 2.20 bits per heavy atom. The van der Waals surface area contributed by atoms with Gasteiger partial charge in [-0.2, -0.15) is 0 Å². The van der Waals surface area contributed by atoms with Crippen molar-refractivity contribution in [2.75, 3.05) is 6.61 Å². The molecular weight excluding hydrogens is 140 g/mol. The highest BCUT2D eigenvalue weighted by Crippen LogP contribution is 2.00. The van der Waals surface area contributed by atoms with Crippen LogP contribution >= 0.6 is 0 Å². The van der Waals surface area contributed by atoms with Crippen molar-refractivity contribution in [3.8, 4) is 23.9 Å². The van der Waals surface area contributed by atoms with E-state index < -0.39 is 8.32 Å². The molecule has 0 spiro atoms. The molecule has 0 bridgehead atoms. The fourth-order valence-corrected chi connectivity index (χ4v) is 1.29. The number of hydrogen-bond donors (Lipinski definition) is 0. The van der Waals surface area contributed by atoms with Crippen LogP contribution in [0.1, 0.15) is 13.3 Å². The molecule has 0 heterocycles. The topological polar surface area (TPSA) is 9.23 Å². The maximum Gasteiger partial charge on any atom is 0.349 e. The predicted molar refractivity (Wildman–Crippen MR) is 45.5 cm³/mol. The van der Waals surface area contributed by atoms with E-state index in [1.807, 2.05) is 13.5 Å². The van der Waals surface area contributed by atoms with Crippen LogP contribution in [0.2, 0.25) is 6.55 Å². The van der Waals surface area contributed by atoms with Gasteiger partial charge in [0.15, 0.2) is 0 Å². The van der Waals surface area contributed by atoms with Crippen LogP contribution in [-0.4, -0.2) is 14.9 Å². The van der Waals surface area contributed by atoms with Crippen LogP contribution in [0.5, 0.6) is 0 Å². The molecule has 0 unspecified atom stereocenters. The van der Waals surface area contributed by atoms with Crippen LogP contribution in [0.4, 0.5) is 0 Å². The second-order valence-corrected chi connectivity index (χ2v) is 5.10. The number of hydrogen-bond acceptors (Lipinski definition) is 1. The summed E-state index contributed by atoms with van der Waals surface area (Å²) in [6.07, 6.45) is 11.4. The summed E-state index contributed by atoms with van der Waals surface area (Å²) in [6, 6.07) is 0. The summed E-state index contributed by atoms with van der Waals surface area (Å²) in [5.41, 5.74) is 5.09. The summed E-state index contributed by atoms with van der Waals surface area (Å²) in [5, 5.41) is 0. The summed E-state index contributed by atoms with van der Waals surface area (Å²) >= 11 is 0. The summed E-state index contributed by atoms with van der Waals surface area (Å²) < 4.78 is 5.34. The maximum atomic E-state index is 5.34. The van der Waals surface area contributed by atoms with Gasteiger partial charge in [-0.3, -0.25) is 0 Å². The van der Waals surface area contributed by atoms with Crippen LogP contribution < -0.4 is 0 Å². The smallest absolute Gasteiger partial charge is 0.349 e. The Hall–Kier alpha value is -0.703. The third-order valence-corrected chi connectivity index (χ3v) is 3.03. The molecule has 0 aliphatic heterocycles. The fraction of sp³-hybridized carbons (Fsp3) is 0.500. The van der Waals surface area contributed by atoms with Gasteiger partial charge in [-0.15, -0.1) is 12.8 Å². The van der Waals surface area contributed by atoms with E-state index in [1.165, 1.54) is 0 Å². The predicted octanol–water partition coefficient (Wildman–Crippen LogP) is 1.33. The Morgan fingerprint density at radius 2 is 1.90 bits per heavy atom. The van der Waals surface area contributed by atoms with E-state index in [-0.39, 0.29) is 0 Å². The van der Waals surface area contributed by atoms with Crippen molar-refractivity contribution < 1.29 is 4.43 Å². The molecule has 0 amide bonds. The minimum atomic E-state index is -2.16. The van der Waals surface area contributed by atoms with Gasteiger partial charge >= 0.3 is 8.32 Å². The highest BCUT2D eigenvalue weighted by atomic mass is 28.4. The minimum absolute atomic E-state index is 0.678. The first-order valence-corrected chi connectivity index (χ1v) is 5.69. The summed E-state index contributed by atoms with van der Waals surface area (Å²) in [6.45, 7) is 4.56. The zero-order valence-corrected chi connectivity index (χ0v) is 7.48. The van der Waals surface area contributed by atoms with E-state index in [9.17, 15) is 0 Å². The minimum Gasteiger partial charge on any atom is -0.397 e. The van der Waals surface area contributed by atoms with Crippen LogP contribution in [-0.2, 0) is 4.43 Å². The molecule has 54 valence electrons. The van der Waals surface area contributed by atoms with Gasteiger partial charge in [0.2, 0.25) is 0 Å². The Balaban J connectivity index is 3.88. The molecular formula is C8H12OSi. The van der Waals surface area contributed by atoms with E-state index in [1.54, 1.807) is 0 Å². The van der Waals surface area contributed by atoms with Gasteiger partial charge in [-0.05, 0) is 13.0 Å². The lowest BCUT2D eigenvalue weighted by Gasteiger charge is -2.12. The van der Waals surface area contributed by atoms with Crippen molar-refractivity contribution in [3.63, 3.8) is 0 Å². The van der Waals surface area contributed by atoms with Crippen LogP contribution in [0.3, 0.4) is 0 Å². The first-order valence-electron chi connectivity index (χ1n) is 3.28. The Bertz CT molecular complexity index is 159. The standard InChI is InChI=1S/C8H12OSi/c1-5-8-9-10(4,6-2)7-3/h2-3H,5,8H2,1,4H3. The lowest BCUT2D eigenvalue weighted by molar-refractivity contribution is 0.321. The molecule has 0 rings (SSSR count). The second-order valence-electron chi connectivity index (χ2n) is 2.17. The molecule has 0 aliphatic rings. The molecule has 10 heavy (non-hydrogen) atoms. The molecule has 0 aromatic heterocycles. The Morgan fingerprint density at radius 1 is 1.40 bits per heavy atom. The van der Waals surface area contributed by atoms with Gasteiger partial charge in [-0.1, -0.05) is 18.0 Å². The second kappa shape index (κ2) is 4.17. The quantitative estimate of drug-likeness (QED) is 0.438. The first-order chi connectivity index (χ1) is 4.68. The van der Waals surface area contributed by atoms with Crippen LogP contribution in [0.25, 0.3) is 0 Å². The maximum absolute atomic E-state index is 5.34. The highest BCUT2D eigenvalue weighted by Gasteiger charge is 2.22. The van der Waals surface area contributed by atoms with Crippen molar-refractivity contribution in [2.45, 2.75) is 19.9 Å². The summed E-state index contributed by atoms with van der Waals surface area (Å²) in [4.78, 5) is 0. The zero-order chi connectivity index (χ0) is 8.04. The molecule has 0 aliphatic carbocycles. The van der Waals surface area contributed by atoms with E-state index in [2.05, 4.69) is 11.1 Å². The monoisotopic (exact) mass is 152 g/mol. The molecule has 1 nitrogen and oxygen atoms in total. The van der Waals surface area contributed by atoms with Crippen LogP contribution in [0, 0.1) is 23.9 Å². The largest absolute Gasteiger partial charge is 0.397 e. The molecule has 0 atom stereocenters. The number of rotatable bonds is 3. The molecule has 0 radical (unpaired) electrons. The Labute approximate surface area is 63.9 Å². The molecule has 0 fully saturated rings. The van der Waals surface area contributed by atoms with Crippen molar-refractivity contribution in [2.24, 2.45) is 0 Å². The van der Waals surface area contributed by atoms with Gasteiger partial charge in [0.25, 0.3) is 0 Å². The lowest BCUT2D eigenvalue weighted by Crippen LogP contribution is -2.31. The van der Waals surface area contributed by atoms with Crippen molar-refractivity contribution in [1.29, 1.82) is 0 Å². The highest BCUT2D eigenvalue weighted by molar-refractivity contribution is 6.87. The fourth-order valence-electron chi connectivity index (χ4n) is 0.431. The molecule has 0 aromatic carbocycles. The van der Waals surface area contributed by atoms with E-state index >= 15 is 0 Å². The molecule has 0 N–H and O–H groups in total. The summed E-state index contributed by atoms with van der Waals surface area (Å²) in [7, 11) is -2.16. The first kappa shape index (κ1) is 9.30. The SMILES string of the molecule is C#C[Si](C)(C#C)OCCC. The molecule has 2 heteroatoms.